The molecule has 6 heteroatoms. The van der Waals surface area contributed by atoms with Crippen molar-refractivity contribution in [2.24, 2.45) is 7.05 Å². The molecule has 16 heavy (non-hydrogen) atoms. The molecule has 1 amide bonds. The standard InChI is InChI=1S/C10H18N4O2/c1-7(2)14(4-5-15)10(16)8-6-12-13(3)9(8)11/h6-7,15H,4-5,11H2,1-3H3. The molecular formula is C10H18N4O2. The molecule has 0 radical (unpaired) electrons. The van der Waals surface area contributed by atoms with Crippen LogP contribution < -0.4 is 5.73 Å². The zero-order valence-electron chi connectivity index (χ0n) is 9.84. The highest BCUT2D eigenvalue weighted by molar-refractivity contribution is 5.98. The van der Waals surface area contributed by atoms with Crippen LogP contribution in [0.4, 0.5) is 5.82 Å². The van der Waals surface area contributed by atoms with Crippen molar-refractivity contribution in [2.45, 2.75) is 19.9 Å². The summed E-state index contributed by atoms with van der Waals surface area (Å²) in [5.41, 5.74) is 6.11. The molecule has 0 saturated carbocycles. The van der Waals surface area contributed by atoms with E-state index in [4.69, 9.17) is 10.8 Å². The summed E-state index contributed by atoms with van der Waals surface area (Å²) in [7, 11) is 1.68. The van der Waals surface area contributed by atoms with Crippen LogP contribution in [0.2, 0.25) is 0 Å². The van der Waals surface area contributed by atoms with Gasteiger partial charge >= 0.3 is 0 Å². The Labute approximate surface area is 94.6 Å². The highest BCUT2D eigenvalue weighted by Gasteiger charge is 2.22. The largest absolute Gasteiger partial charge is 0.395 e. The molecule has 6 nitrogen and oxygen atoms in total. The van der Waals surface area contributed by atoms with E-state index in [1.165, 1.54) is 10.9 Å². The highest BCUT2D eigenvalue weighted by Crippen LogP contribution is 2.14. The second kappa shape index (κ2) is 4.98. The van der Waals surface area contributed by atoms with Gasteiger partial charge in [0.25, 0.3) is 5.91 Å². The van der Waals surface area contributed by atoms with E-state index in [0.717, 1.165) is 0 Å². The molecule has 0 fully saturated rings. The number of carbonyl (C=O) groups is 1. The molecule has 1 heterocycles. The van der Waals surface area contributed by atoms with Gasteiger partial charge in [0, 0.05) is 19.6 Å². The van der Waals surface area contributed by atoms with Crippen molar-refractivity contribution in [3.8, 4) is 0 Å². The first kappa shape index (κ1) is 12.5. The number of aliphatic hydroxyl groups is 1. The molecule has 0 unspecified atom stereocenters. The molecule has 0 spiro atoms. The number of nitrogen functional groups attached to an aromatic ring is 1. The Morgan fingerprint density at radius 3 is 2.69 bits per heavy atom. The van der Waals surface area contributed by atoms with Gasteiger partial charge in [0.15, 0.2) is 0 Å². The summed E-state index contributed by atoms with van der Waals surface area (Å²) >= 11 is 0. The van der Waals surface area contributed by atoms with Gasteiger partial charge in [-0.2, -0.15) is 5.10 Å². The first-order valence-corrected chi connectivity index (χ1v) is 5.18. The van der Waals surface area contributed by atoms with Crippen molar-refractivity contribution < 1.29 is 9.90 Å². The van der Waals surface area contributed by atoms with Crippen molar-refractivity contribution in [3.63, 3.8) is 0 Å². The molecule has 90 valence electrons. The number of aryl methyl sites for hydroxylation is 1. The Morgan fingerprint density at radius 1 is 1.69 bits per heavy atom. The van der Waals surface area contributed by atoms with Crippen molar-refractivity contribution in [2.75, 3.05) is 18.9 Å². The molecule has 1 rings (SSSR count). The fourth-order valence-corrected chi connectivity index (χ4v) is 1.47. The molecule has 1 aromatic heterocycles. The Balaban J connectivity index is 2.95. The minimum atomic E-state index is -0.199. The average molecular weight is 226 g/mol. The molecule has 3 N–H and O–H groups in total. The van der Waals surface area contributed by atoms with E-state index < -0.39 is 0 Å². The van der Waals surface area contributed by atoms with Crippen LogP contribution in [0.5, 0.6) is 0 Å². The summed E-state index contributed by atoms with van der Waals surface area (Å²) in [6.07, 6.45) is 1.45. The SMILES string of the molecule is CC(C)N(CCO)C(=O)c1cnn(C)c1N. The first-order chi connectivity index (χ1) is 7.49. The van der Waals surface area contributed by atoms with Gasteiger partial charge in [-0.15, -0.1) is 0 Å². The normalized spacial score (nSPS) is 10.8. The summed E-state index contributed by atoms with van der Waals surface area (Å²) < 4.78 is 1.45. The molecule has 1 aromatic rings. The number of rotatable bonds is 4. The molecule has 0 bridgehead atoms. The Morgan fingerprint density at radius 2 is 2.31 bits per heavy atom. The molecule has 0 aliphatic carbocycles. The second-order valence-corrected chi connectivity index (χ2v) is 3.88. The van der Waals surface area contributed by atoms with Crippen LogP contribution in [0.15, 0.2) is 6.20 Å². The van der Waals surface area contributed by atoms with E-state index in [9.17, 15) is 4.79 Å². The van der Waals surface area contributed by atoms with Gasteiger partial charge in [-0.25, -0.2) is 0 Å². The maximum atomic E-state index is 12.1. The Kier molecular flexibility index (Phi) is 3.89. The third-order valence-electron chi connectivity index (χ3n) is 2.44. The number of nitrogens with zero attached hydrogens (tertiary/aromatic N) is 3. The number of nitrogens with two attached hydrogens (primary N) is 1. The van der Waals surface area contributed by atoms with E-state index in [0.29, 0.717) is 17.9 Å². The maximum absolute atomic E-state index is 12.1. The van der Waals surface area contributed by atoms with Gasteiger partial charge in [0.05, 0.1) is 12.8 Å². The maximum Gasteiger partial charge on any atom is 0.259 e. The van der Waals surface area contributed by atoms with Crippen molar-refractivity contribution >= 4 is 11.7 Å². The lowest BCUT2D eigenvalue weighted by molar-refractivity contribution is 0.0666. The summed E-state index contributed by atoms with van der Waals surface area (Å²) in [6.45, 7) is 4.01. The lowest BCUT2D eigenvalue weighted by atomic mass is 10.2. The van der Waals surface area contributed by atoms with Crippen LogP contribution in [-0.2, 0) is 7.05 Å². The van der Waals surface area contributed by atoms with Crippen LogP contribution in [0, 0.1) is 0 Å². The molecule has 0 aliphatic rings. The topological polar surface area (TPSA) is 84.4 Å². The van der Waals surface area contributed by atoms with Gasteiger partial charge < -0.3 is 15.7 Å². The lowest BCUT2D eigenvalue weighted by Crippen LogP contribution is -2.39. The van der Waals surface area contributed by atoms with E-state index >= 15 is 0 Å². The summed E-state index contributed by atoms with van der Waals surface area (Å²) in [4.78, 5) is 13.7. The van der Waals surface area contributed by atoms with E-state index in [2.05, 4.69) is 5.10 Å². The van der Waals surface area contributed by atoms with Crippen LogP contribution in [0.25, 0.3) is 0 Å². The number of aliphatic hydroxyl groups excluding tert-OH is 1. The first-order valence-electron chi connectivity index (χ1n) is 5.18. The van der Waals surface area contributed by atoms with E-state index in [-0.39, 0.29) is 18.6 Å². The van der Waals surface area contributed by atoms with Crippen LogP contribution in [0.1, 0.15) is 24.2 Å². The van der Waals surface area contributed by atoms with Crippen molar-refractivity contribution in [1.82, 2.24) is 14.7 Å². The van der Waals surface area contributed by atoms with Gasteiger partial charge in [-0.1, -0.05) is 0 Å². The Bertz CT molecular complexity index is 373. The predicted molar refractivity (Wildman–Crippen MR) is 60.9 cm³/mol. The number of amides is 1. The quantitative estimate of drug-likeness (QED) is 0.747. The number of anilines is 1. The molecule has 0 atom stereocenters. The number of hydrogen-bond donors (Lipinski definition) is 2. The minimum Gasteiger partial charge on any atom is -0.395 e. The van der Waals surface area contributed by atoms with Crippen LogP contribution in [0.3, 0.4) is 0 Å². The third-order valence-corrected chi connectivity index (χ3v) is 2.44. The number of hydrogen-bond acceptors (Lipinski definition) is 4. The third kappa shape index (κ3) is 2.33. The lowest BCUT2D eigenvalue weighted by Gasteiger charge is -2.25. The fourth-order valence-electron chi connectivity index (χ4n) is 1.47. The summed E-state index contributed by atoms with van der Waals surface area (Å²) in [5, 5.41) is 12.8. The minimum absolute atomic E-state index is 0.0132. The van der Waals surface area contributed by atoms with Gasteiger partial charge in [0.2, 0.25) is 0 Å². The molecule has 0 aromatic carbocycles. The monoisotopic (exact) mass is 226 g/mol. The molecule has 0 saturated heterocycles. The van der Waals surface area contributed by atoms with Crippen LogP contribution in [-0.4, -0.2) is 44.9 Å². The van der Waals surface area contributed by atoms with Gasteiger partial charge in [-0.3, -0.25) is 9.48 Å². The summed E-state index contributed by atoms with van der Waals surface area (Å²) in [6, 6.07) is 0.0132. The zero-order chi connectivity index (χ0) is 12.3. The fraction of sp³-hybridized carbons (Fsp3) is 0.600. The smallest absolute Gasteiger partial charge is 0.259 e. The van der Waals surface area contributed by atoms with Crippen LogP contribution >= 0.6 is 0 Å². The molecular weight excluding hydrogens is 208 g/mol. The predicted octanol–water partition coefficient (Wildman–Crippen LogP) is -0.155. The molecule has 0 aliphatic heterocycles. The zero-order valence-corrected chi connectivity index (χ0v) is 9.84. The number of aromatic nitrogens is 2. The van der Waals surface area contributed by atoms with E-state index in [1.807, 2.05) is 13.8 Å². The van der Waals surface area contributed by atoms with E-state index in [1.54, 1.807) is 11.9 Å². The highest BCUT2D eigenvalue weighted by atomic mass is 16.3. The average Bonchev–Trinajstić information content (AvgIpc) is 2.55. The number of carbonyl (C=O) groups excluding carboxylic acids is 1. The van der Waals surface area contributed by atoms with Gasteiger partial charge in [0.1, 0.15) is 11.4 Å². The Hall–Kier alpha value is -1.56. The van der Waals surface area contributed by atoms with Gasteiger partial charge in [-0.05, 0) is 13.8 Å². The second-order valence-electron chi connectivity index (χ2n) is 3.88. The summed E-state index contributed by atoms with van der Waals surface area (Å²) in [5.74, 6) is 0.142. The van der Waals surface area contributed by atoms with Crippen molar-refractivity contribution in [1.29, 1.82) is 0 Å². The van der Waals surface area contributed by atoms with Crippen molar-refractivity contribution in [3.05, 3.63) is 11.8 Å².